The molecule has 0 atom stereocenters. The summed E-state index contributed by atoms with van der Waals surface area (Å²) in [5.41, 5.74) is 0.947. The van der Waals surface area contributed by atoms with Gasteiger partial charge in [0.1, 0.15) is 4.88 Å². The number of methoxy groups -OCH3 is 1. The van der Waals surface area contributed by atoms with Gasteiger partial charge in [-0.1, -0.05) is 0 Å². The van der Waals surface area contributed by atoms with Gasteiger partial charge in [-0.3, -0.25) is 4.79 Å². The zero-order chi connectivity index (χ0) is 13.0. The zero-order valence-electron chi connectivity index (χ0n) is 9.64. The van der Waals surface area contributed by atoms with E-state index in [9.17, 15) is 4.79 Å². The Labute approximate surface area is 117 Å². The van der Waals surface area contributed by atoms with Crippen LogP contribution in [0.1, 0.15) is 15.2 Å². The zero-order valence-corrected chi connectivity index (χ0v) is 12.0. The fourth-order valence-electron chi connectivity index (χ4n) is 1.39. The molecule has 94 valence electrons. The molecule has 1 amide bonds. The maximum atomic E-state index is 11.9. The Morgan fingerprint density at radius 2 is 2.39 bits per heavy atom. The van der Waals surface area contributed by atoms with Crippen molar-refractivity contribution in [3.05, 3.63) is 44.7 Å². The predicted molar refractivity (Wildman–Crippen MR) is 74.0 cm³/mol. The van der Waals surface area contributed by atoms with Crippen molar-refractivity contribution in [1.29, 1.82) is 0 Å². The lowest BCUT2D eigenvalue weighted by Crippen LogP contribution is -2.22. The van der Waals surface area contributed by atoms with E-state index in [1.807, 2.05) is 17.5 Å². The van der Waals surface area contributed by atoms with Crippen molar-refractivity contribution in [1.82, 2.24) is 10.3 Å². The number of amides is 1. The summed E-state index contributed by atoms with van der Waals surface area (Å²) in [4.78, 5) is 16.6. The Morgan fingerprint density at radius 3 is 3.06 bits per heavy atom. The summed E-state index contributed by atoms with van der Waals surface area (Å²) in [6, 6.07) is 5.49. The van der Waals surface area contributed by atoms with Crippen molar-refractivity contribution in [2.75, 3.05) is 7.11 Å². The smallest absolute Gasteiger partial charge is 0.262 e. The number of rotatable bonds is 4. The third-order valence-electron chi connectivity index (χ3n) is 2.28. The molecule has 0 aliphatic carbocycles. The van der Waals surface area contributed by atoms with E-state index in [4.69, 9.17) is 4.74 Å². The van der Waals surface area contributed by atoms with Crippen LogP contribution in [0.25, 0.3) is 0 Å². The lowest BCUT2D eigenvalue weighted by Gasteiger charge is -2.05. The monoisotopic (exact) mass is 326 g/mol. The van der Waals surface area contributed by atoms with Crippen molar-refractivity contribution >= 4 is 33.2 Å². The minimum absolute atomic E-state index is 0.0901. The Balaban J connectivity index is 1.99. The average Bonchev–Trinajstić information content (AvgIpc) is 2.82. The van der Waals surface area contributed by atoms with Gasteiger partial charge in [0.05, 0.1) is 7.11 Å². The molecule has 1 N–H and O–H groups in total. The molecule has 0 aliphatic rings. The minimum atomic E-state index is -0.0901. The summed E-state index contributed by atoms with van der Waals surface area (Å²) in [6.45, 7) is 0.446. The highest BCUT2D eigenvalue weighted by Gasteiger charge is 2.10. The van der Waals surface area contributed by atoms with Crippen LogP contribution < -0.4 is 10.1 Å². The van der Waals surface area contributed by atoms with E-state index in [0.717, 1.165) is 10.0 Å². The Kier molecular flexibility index (Phi) is 4.33. The van der Waals surface area contributed by atoms with Crippen LogP contribution in [0.5, 0.6) is 5.88 Å². The van der Waals surface area contributed by atoms with Crippen molar-refractivity contribution in [2.45, 2.75) is 6.54 Å². The molecular formula is C12H11BrN2O2S. The Bertz CT molecular complexity index is 557. The first-order chi connectivity index (χ1) is 8.70. The number of ether oxygens (including phenoxy) is 1. The number of pyridine rings is 1. The van der Waals surface area contributed by atoms with Gasteiger partial charge < -0.3 is 10.1 Å². The van der Waals surface area contributed by atoms with Gasteiger partial charge >= 0.3 is 0 Å². The van der Waals surface area contributed by atoms with Crippen molar-refractivity contribution in [2.24, 2.45) is 0 Å². The highest BCUT2D eigenvalue weighted by atomic mass is 79.9. The molecule has 0 saturated heterocycles. The van der Waals surface area contributed by atoms with Crippen LogP contribution >= 0.6 is 27.3 Å². The van der Waals surface area contributed by atoms with Crippen LogP contribution in [0.4, 0.5) is 0 Å². The van der Waals surface area contributed by atoms with E-state index >= 15 is 0 Å². The number of thiophene rings is 1. The van der Waals surface area contributed by atoms with E-state index in [0.29, 0.717) is 17.3 Å². The molecule has 0 saturated carbocycles. The third-order valence-corrected chi connectivity index (χ3v) is 4.12. The van der Waals surface area contributed by atoms with Crippen LogP contribution in [-0.4, -0.2) is 18.0 Å². The summed E-state index contributed by atoms with van der Waals surface area (Å²) in [6.07, 6.45) is 1.65. The van der Waals surface area contributed by atoms with Crippen molar-refractivity contribution in [3.63, 3.8) is 0 Å². The molecule has 0 spiro atoms. The van der Waals surface area contributed by atoms with Gasteiger partial charge in [0.15, 0.2) is 0 Å². The number of carbonyl (C=O) groups excluding carboxylic acids is 1. The lowest BCUT2D eigenvalue weighted by molar-refractivity contribution is 0.0954. The van der Waals surface area contributed by atoms with Gasteiger partial charge in [-0.2, -0.15) is 0 Å². The van der Waals surface area contributed by atoms with E-state index in [1.54, 1.807) is 19.4 Å². The van der Waals surface area contributed by atoms with E-state index in [2.05, 4.69) is 26.2 Å². The maximum Gasteiger partial charge on any atom is 0.262 e. The molecule has 6 heteroatoms. The third kappa shape index (κ3) is 3.08. The number of nitrogens with zero attached hydrogens (tertiary/aromatic N) is 1. The normalized spacial score (nSPS) is 10.1. The summed E-state index contributed by atoms with van der Waals surface area (Å²) < 4.78 is 5.84. The predicted octanol–water partition coefficient (Wildman–Crippen LogP) is 2.84. The van der Waals surface area contributed by atoms with Gasteiger partial charge in [-0.05, 0) is 39.0 Å². The summed E-state index contributed by atoms with van der Waals surface area (Å²) in [5.74, 6) is 0.451. The molecule has 2 rings (SSSR count). The molecule has 2 aromatic rings. The SMILES string of the molecule is COc1cc(CNC(=O)c2sccc2Br)ccn1. The molecule has 0 aliphatic heterocycles. The van der Waals surface area contributed by atoms with Gasteiger partial charge in [-0.15, -0.1) is 11.3 Å². The van der Waals surface area contributed by atoms with E-state index < -0.39 is 0 Å². The standard InChI is InChI=1S/C12H11BrN2O2S/c1-17-10-6-8(2-4-14-10)7-15-12(16)11-9(13)3-5-18-11/h2-6H,7H2,1H3,(H,15,16). The van der Waals surface area contributed by atoms with Crippen LogP contribution in [0.15, 0.2) is 34.2 Å². The number of hydrogen-bond acceptors (Lipinski definition) is 4. The van der Waals surface area contributed by atoms with Gasteiger partial charge in [0.25, 0.3) is 5.91 Å². The number of halogens is 1. The molecule has 0 aromatic carbocycles. The second-order valence-corrected chi connectivity index (χ2v) is 5.26. The fourth-order valence-corrected chi connectivity index (χ4v) is 2.86. The van der Waals surface area contributed by atoms with Gasteiger partial charge in [-0.25, -0.2) is 4.98 Å². The topological polar surface area (TPSA) is 51.2 Å². The Morgan fingerprint density at radius 1 is 1.56 bits per heavy atom. The number of hydrogen-bond donors (Lipinski definition) is 1. The summed E-state index contributed by atoms with van der Waals surface area (Å²) in [7, 11) is 1.56. The van der Waals surface area contributed by atoms with E-state index in [1.165, 1.54) is 11.3 Å². The average molecular weight is 327 g/mol. The van der Waals surface area contributed by atoms with Crippen LogP contribution in [0.2, 0.25) is 0 Å². The molecule has 0 unspecified atom stereocenters. The summed E-state index contributed by atoms with van der Waals surface area (Å²) in [5, 5.41) is 4.72. The van der Waals surface area contributed by atoms with Crippen LogP contribution in [-0.2, 0) is 6.54 Å². The second kappa shape index (κ2) is 5.97. The second-order valence-electron chi connectivity index (χ2n) is 3.49. The quantitative estimate of drug-likeness (QED) is 0.939. The molecule has 0 radical (unpaired) electrons. The summed E-state index contributed by atoms with van der Waals surface area (Å²) >= 11 is 4.74. The minimum Gasteiger partial charge on any atom is -0.481 e. The number of aromatic nitrogens is 1. The molecule has 0 fully saturated rings. The van der Waals surface area contributed by atoms with Crippen molar-refractivity contribution in [3.8, 4) is 5.88 Å². The molecule has 2 heterocycles. The Hall–Kier alpha value is -1.40. The largest absolute Gasteiger partial charge is 0.481 e. The maximum absolute atomic E-state index is 11.9. The number of carbonyl (C=O) groups is 1. The first-order valence-corrected chi connectivity index (χ1v) is 6.88. The molecule has 4 nitrogen and oxygen atoms in total. The van der Waals surface area contributed by atoms with Crippen LogP contribution in [0, 0.1) is 0 Å². The van der Waals surface area contributed by atoms with E-state index in [-0.39, 0.29) is 5.91 Å². The molecular weight excluding hydrogens is 316 g/mol. The first-order valence-electron chi connectivity index (χ1n) is 5.21. The highest BCUT2D eigenvalue weighted by molar-refractivity contribution is 9.10. The lowest BCUT2D eigenvalue weighted by atomic mass is 10.2. The highest BCUT2D eigenvalue weighted by Crippen LogP contribution is 2.22. The van der Waals surface area contributed by atoms with Crippen molar-refractivity contribution < 1.29 is 9.53 Å². The van der Waals surface area contributed by atoms with Gasteiger partial charge in [0, 0.05) is 23.3 Å². The first kappa shape index (κ1) is 13.0. The number of nitrogens with one attached hydrogen (secondary N) is 1. The van der Waals surface area contributed by atoms with Crippen LogP contribution in [0.3, 0.4) is 0 Å². The molecule has 2 aromatic heterocycles. The van der Waals surface area contributed by atoms with Gasteiger partial charge in [0.2, 0.25) is 5.88 Å². The molecule has 18 heavy (non-hydrogen) atoms. The fraction of sp³-hybridized carbons (Fsp3) is 0.167. The molecule has 0 bridgehead atoms.